The van der Waals surface area contributed by atoms with Crippen LogP contribution >= 0.6 is 23.5 Å². The molecule has 0 unspecified atom stereocenters. The molecule has 0 saturated heterocycles. The van der Waals surface area contributed by atoms with Gasteiger partial charge in [-0.2, -0.15) is 0 Å². The van der Waals surface area contributed by atoms with Gasteiger partial charge in [-0.1, -0.05) is 78.1 Å². The first-order valence-corrected chi connectivity index (χ1v) is 13.8. The van der Waals surface area contributed by atoms with E-state index in [1.54, 1.807) is 23.5 Å². The van der Waals surface area contributed by atoms with Gasteiger partial charge in [0.05, 0.1) is 0 Å². The molecular weight excluding hydrogens is 398 g/mol. The van der Waals surface area contributed by atoms with E-state index in [0.717, 1.165) is 47.2 Å². The minimum Gasteiger partial charge on any atom is -0.321 e. The molecule has 29 heavy (non-hydrogen) atoms. The maximum Gasteiger partial charge on any atom is 0.227 e. The van der Waals surface area contributed by atoms with Gasteiger partial charge in [-0.05, 0) is 32.3 Å². The van der Waals surface area contributed by atoms with E-state index in [1.165, 1.54) is 51.4 Å². The van der Waals surface area contributed by atoms with Crippen molar-refractivity contribution in [3.63, 3.8) is 0 Å². The summed E-state index contributed by atoms with van der Waals surface area (Å²) in [6, 6.07) is 0. The minimum absolute atomic E-state index is 0.0870. The number of hydrogen-bond donors (Lipinski definition) is 1. The monoisotopic (exact) mass is 439 g/mol. The molecule has 0 aliphatic heterocycles. The highest BCUT2D eigenvalue weighted by atomic mass is 32.2. The van der Waals surface area contributed by atoms with Crippen molar-refractivity contribution in [3.05, 3.63) is 5.82 Å². The number of rotatable bonds is 16. The zero-order chi connectivity index (χ0) is 21.5. The standard InChI is InChI=1S/C23H41N3OS2/c1-6-8-10-12-14-16-19(17-15-13-11-9-7-2)21(27)26-20-22(28-4)24-18(3)25-23(20)29-5/h19H,6-17H2,1-5H3,(H,26,27). The number of thioether (sulfide) groups is 2. The molecule has 0 aliphatic carbocycles. The average Bonchev–Trinajstić information content (AvgIpc) is 2.72. The normalized spacial score (nSPS) is 11.2. The van der Waals surface area contributed by atoms with Crippen LogP contribution in [-0.2, 0) is 4.79 Å². The highest BCUT2D eigenvalue weighted by Gasteiger charge is 2.21. The summed E-state index contributed by atoms with van der Waals surface area (Å²) < 4.78 is 0. The second kappa shape index (κ2) is 16.0. The van der Waals surface area contributed by atoms with Gasteiger partial charge < -0.3 is 5.32 Å². The quantitative estimate of drug-likeness (QED) is 0.164. The molecule has 0 spiro atoms. The van der Waals surface area contributed by atoms with E-state index >= 15 is 0 Å². The lowest BCUT2D eigenvalue weighted by atomic mass is 9.93. The molecule has 1 N–H and O–H groups in total. The third-order valence-electron chi connectivity index (χ3n) is 5.27. The molecule has 1 amide bonds. The Hall–Kier alpha value is -0.750. The van der Waals surface area contributed by atoms with Gasteiger partial charge in [0.25, 0.3) is 0 Å². The molecule has 1 aromatic rings. The Bertz CT molecular complexity index is 556. The Balaban J connectivity index is 2.78. The van der Waals surface area contributed by atoms with Gasteiger partial charge in [0.1, 0.15) is 21.6 Å². The Morgan fingerprint density at radius 2 is 1.28 bits per heavy atom. The van der Waals surface area contributed by atoms with Gasteiger partial charge in [0.15, 0.2) is 0 Å². The summed E-state index contributed by atoms with van der Waals surface area (Å²) in [5.41, 5.74) is 0.794. The van der Waals surface area contributed by atoms with Crippen LogP contribution in [-0.4, -0.2) is 28.4 Å². The van der Waals surface area contributed by atoms with Gasteiger partial charge in [0.2, 0.25) is 5.91 Å². The van der Waals surface area contributed by atoms with E-state index in [4.69, 9.17) is 0 Å². The van der Waals surface area contributed by atoms with Crippen molar-refractivity contribution in [2.75, 3.05) is 17.8 Å². The fraction of sp³-hybridized carbons (Fsp3) is 0.783. The Kier molecular flexibility index (Phi) is 14.5. The molecule has 0 fully saturated rings. The van der Waals surface area contributed by atoms with E-state index in [-0.39, 0.29) is 11.8 Å². The van der Waals surface area contributed by atoms with Crippen LogP contribution in [0.25, 0.3) is 0 Å². The molecule has 0 radical (unpaired) electrons. The molecule has 0 aromatic carbocycles. The van der Waals surface area contributed by atoms with Gasteiger partial charge in [-0.15, -0.1) is 23.5 Å². The summed E-state index contributed by atoms with van der Waals surface area (Å²) >= 11 is 3.14. The molecule has 166 valence electrons. The van der Waals surface area contributed by atoms with Crippen LogP contribution in [0.2, 0.25) is 0 Å². The highest BCUT2D eigenvalue weighted by Crippen LogP contribution is 2.32. The number of anilines is 1. The van der Waals surface area contributed by atoms with Gasteiger partial charge in [-0.25, -0.2) is 9.97 Å². The van der Waals surface area contributed by atoms with Crippen molar-refractivity contribution in [2.45, 2.75) is 108 Å². The van der Waals surface area contributed by atoms with Gasteiger partial charge >= 0.3 is 0 Å². The molecule has 0 bridgehead atoms. The SMILES string of the molecule is CCCCCCCC(CCCCCCC)C(=O)Nc1c(SC)nc(C)nc1SC. The van der Waals surface area contributed by atoms with Crippen molar-refractivity contribution in [3.8, 4) is 0 Å². The number of nitrogens with one attached hydrogen (secondary N) is 1. The molecule has 1 aromatic heterocycles. The first kappa shape index (κ1) is 26.3. The van der Waals surface area contributed by atoms with Crippen LogP contribution in [0.4, 0.5) is 5.69 Å². The zero-order valence-electron chi connectivity index (χ0n) is 19.2. The second-order valence-electron chi connectivity index (χ2n) is 7.76. The predicted molar refractivity (Wildman–Crippen MR) is 129 cm³/mol. The number of carbonyl (C=O) groups is 1. The van der Waals surface area contributed by atoms with Crippen LogP contribution < -0.4 is 5.32 Å². The zero-order valence-corrected chi connectivity index (χ0v) is 20.8. The molecule has 0 aliphatic rings. The first-order valence-electron chi connectivity index (χ1n) is 11.3. The minimum atomic E-state index is 0.0870. The first-order chi connectivity index (χ1) is 14.1. The molecule has 4 nitrogen and oxygen atoms in total. The lowest BCUT2D eigenvalue weighted by Gasteiger charge is -2.19. The van der Waals surface area contributed by atoms with E-state index in [0.29, 0.717) is 0 Å². The lowest BCUT2D eigenvalue weighted by Crippen LogP contribution is -2.24. The van der Waals surface area contributed by atoms with Crippen molar-refractivity contribution >= 4 is 35.1 Å². The van der Waals surface area contributed by atoms with Crippen molar-refractivity contribution in [1.82, 2.24) is 9.97 Å². The fourth-order valence-electron chi connectivity index (χ4n) is 3.54. The Labute approximate surface area is 187 Å². The van der Waals surface area contributed by atoms with E-state index in [1.807, 2.05) is 19.4 Å². The number of unbranched alkanes of at least 4 members (excludes halogenated alkanes) is 8. The van der Waals surface area contributed by atoms with Crippen LogP contribution in [0.1, 0.15) is 96.7 Å². The van der Waals surface area contributed by atoms with Gasteiger partial charge in [-0.3, -0.25) is 4.79 Å². The number of aromatic nitrogens is 2. The summed E-state index contributed by atoms with van der Waals surface area (Å²) in [6.07, 6.45) is 18.4. The van der Waals surface area contributed by atoms with E-state index in [2.05, 4.69) is 29.1 Å². The number of hydrogen-bond acceptors (Lipinski definition) is 5. The van der Waals surface area contributed by atoms with Crippen molar-refractivity contribution < 1.29 is 4.79 Å². The number of carbonyl (C=O) groups excluding carboxylic acids is 1. The highest BCUT2D eigenvalue weighted by molar-refractivity contribution is 7.99. The average molecular weight is 440 g/mol. The summed E-state index contributed by atoms with van der Waals surface area (Å²) in [6.45, 7) is 6.38. The van der Waals surface area contributed by atoms with Crippen LogP contribution in [0.5, 0.6) is 0 Å². The Morgan fingerprint density at radius 1 is 0.828 bits per heavy atom. The van der Waals surface area contributed by atoms with E-state index in [9.17, 15) is 4.79 Å². The molecule has 0 saturated carbocycles. The third-order valence-corrected chi connectivity index (χ3v) is 6.64. The summed E-state index contributed by atoms with van der Waals surface area (Å²) in [5, 5.41) is 4.93. The van der Waals surface area contributed by atoms with Crippen molar-refractivity contribution in [1.29, 1.82) is 0 Å². The van der Waals surface area contributed by atoms with Gasteiger partial charge in [0, 0.05) is 5.92 Å². The maximum atomic E-state index is 13.2. The number of aryl methyl sites for hydroxylation is 1. The lowest BCUT2D eigenvalue weighted by molar-refractivity contribution is -0.120. The van der Waals surface area contributed by atoms with E-state index < -0.39 is 0 Å². The molecule has 0 atom stereocenters. The predicted octanol–water partition coefficient (Wildman–Crippen LogP) is 7.50. The molecular formula is C23H41N3OS2. The molecule has 6 heteroatoms. The van der Waals surface area contributed by atoms with Crippen molar-refractivity contribution in [2.24, 2.45) is 5.92 Å². The summed E-state index contributed by atoms with van der Waals surface area (Å²) in [4.78, 5) is 22.2. The third kappa shape index (κ3) is 10.2. The molecule has 1 rings (SSSR count). The van der Waals surface area contributed by atoms with Crippen LogP contribution in [0, 0.1) is 12.8 Å². The summed E-state index contributed by atoms with van der Waals surface area (Å²) in [7, 11) is 0. The second-order valence-corrected chi connectivity index (χ2v) is 9.35. The number of nitrogens with zero attached hydrogens (tertiary/aromatic N) is 2. The van der Waals surface area contributed by atoms with Crippen LogP contribution in [0.3, 0.4) is 0 Å². The Morgan fingerprint density at radius 3 is 1.69 bits per heavy atom. The molecule has 1 heterocycles. The smallest absolute Gasteiger partial charge is 0.227 e. The number of amides is 1. The summed E-state index contributed by atoms with van der Waals surface area (Å²) in [5.74, 6) is 0.984. The largest absolute Gasteiger partial charge is 0.321 e. The fourth-order valence-corrected chi connectivity index (χ4v) is 4.76. The maximum absolute atomic E-state index is 13.2. The van der Waals surface area contributed by atoms with Crippen LogP contribution in [0.15, 0.2) is 10.1 Å². The topological polar surface area (TPSA) is 54.9 Å².